The van der Waals surface area contributed by atoms with Gasteiger partial charge in [0.15, 0.2) is 6.29 Å². The number of phenols is 2. The van der Waals surface area contributed by atoms with Crippen molar-refractivity contribution in [3.63, 3.8) is 0 Å². The van der Waals surface area contributed by atoms with Crippen LogP contribution in [0.4, 0.5) is 8.78 Å². The summed E-state index contributed by atoms with van der Waals surface area (Å²) in [6.07, 6.45) is -0.0535. The molecule has 0 spiro atoms. The molecular weight excluding hydrogens is 294 g/mol. The average molecular weight is 302 g/mol. The third-order valence-corrected chi connectivity index (χ3v) is 3.48. The first-order chi connectivity index (χ1) is 10.5. The molecule has 0 aliphatic rings. The summed E-state index contributed by atoms with van der Waals surface area (Å²) in [5.41, 5.74) is -0.479. The highest BCUT2D eigenvalue weighted by atomic mass is 19.1. The molecule has 110 valence electrons. The molecule has 0 saturated heterocycles. The van der Waals surface area contributed by atoms with Crippen LogP contribution >= 0.6 is 0 Å². The van der Waals surface area contributed by atoms with Crippen molar-refractivity contribution in [2.24, 2.45) is 0 Å². The monoisotopic (exact) mass is 302 g/mol. The smallest absolute Gasteiger partial charge is 0.226 e. The van der Waals surface area contributed by atoms with E-state index >= 15 is 0 Å². The van der Waals surface area contributed by atoms with Gasteiger partial charge in [-0.15, -0.1) is 0 Å². The SMILES string of the molecule is O=CC(=O)c1c2c(O)ccc(O)c2cc2c(F)ccc(F)c12. The van der Waals surface area contributed by atoms with E-state index < -0.39 is 34.1 Å². The number of Topliss-reactive ketones (excluding diaryl/α,β-unsaturated/α-hetero) is 1. The van der Waals surface area contributed by atoms with Gasteiger partial charge in [-0.2, -0.15) is 0 Å². The van der Waals surface area contributed by atoms with Crippen LogP contribution in [0.3, 0.4) is 0 Å². The zero-order valence-corrected chi connectivity index (χ0v) is 10.9. The minimum atomic E-state index is -1.12. The lowest BCUT2D eigenvalue weighted by atomic mass is 9.93. The number of aldehydes is 1. The van der Waals surface area contributed by atoms with Gasteiger partial charge in [-0.25, -0.2) is 8.78 Å². The van der Waals surface area contributed by atoms with E-state index in [9.17, 15) is 28.6 Å². The Balaban J connectivity index is 2.73. The van der Waals surface area contributed by atoms with E-state index in [1.54, 1.807) is 0 Å². The third-order valence-electron chi connectivity index (χ3n) is 3.48. The van der Waals surface area contributed by atoms with E-state index in [-0.39, 0.29) is 28.2 Å². The van der Waals surface area contributed by atoms with E-state index in [1.165, 1.54) is 0 Å². The van der Waals surface area contributed by atoms with Gasteiger partial charge in [0.05, 0.1) is 0 Å². The van der Waals surface area contributed by atoms with E-state index in [0.717, 1.165) is 30.3 Å². The zero-order chi connectivity index (χ0) is 16.0. The van der Waals surface area contributed by atoms with E-state index in [4.69, 9.17) is 0 Å². The van der Waals surface area contributed by atoms with Crippen molar-refractivity contribution in [2.45, 2.75) is 0 Å². The van der Waals surface area contributed by atoms with Gasteiger partial charge in [-0.1, -0.05) is 0 Å². The highest BCUT2D eigenvalue weighted by Gasteiger charge is 2.22. The normalized spacial score (nSPS) is 11.0. The summed E-state index contributed by atoms with van der Waals surface area (Å²) in [6.45, 7) is 0. The van der Waals surface area contributed by atoms with Crippen LogP contribution in [0.25, 0.3) is 21.5 Å². The summed E-state index contributed by atoms with van der Waals surface area (Å²) in [4.78, 5) is 22.8. The first-order valence-corrected chi connectivity index (χ1v) is 6.20. The number of benzene rings is 3. The molecule has 0 heterocycles. The number of fused-ring (bicyclic) bond motifs is 2. The van der Waals surface area contributed by atoms with Crippen molar-refractivity contribution in [2.75, 3.05) is 0 Å². The number of hydrogen-bond donors (Lipinski definition) is 2. The molecule has 2 N–H and O–H groups in total. The first-order valence-electron chi connectivity index (χ1n) is 6.20. The second-order valence-corrected chi connectivity index (χ2v) is 4.71. The van der Waals surface area contributed by atoms with Gasteiger partial charge in [0.2, 0.25) is 5.78 Å². The van der Waals surface area contributed by atoms with Crippen molar-refractivity contribution >= 4 is 33.6 Å². The molecule has 3 rings (SSSR count). The predicted octanol–water partition coefficient (Wildman–Crippen LogP) is 3.06. The Morgan fingerprint density at radius 2 is 1.55 bits per heavy atom. The highest BCUT2D eigenvalue weighted by molar-refractivity contribution is 6.40. The van der Waals surface area contributed by atoms with Gasteiger partial charge < -0.3 is 10.2 Å². The number of carbonyl (C=O) groups excluding carboxylic acids is 2. The van der Waals surface area contributed by atoms with E-state index in [1.807, 2.05) is 0 Å². The number of carbonyl (C=O) groups is 2. The number of phenolic OH excluding ortho intramolecular Hbond substituents is 2. The summed E-state index contributed by atoms with van der Waals surface area (Å²) in [5.74, 6) is -3.62. The fourth-order valence-corrected chi connectivity index (χ4v) is 2.54. The molecule has 3 aromatic carbocycles. The van der Waals surface area contributed by atoms with Crippen LogP contribution in [-0.2, 0) is 4.79 Å². The summed E-state index contributed by atoms with van der Waals surface area (Å²) in [6, 6.07) is 5.07. The van der Waals surface area contributed by atoms with Gasteiger partial charge in [0, 0.05) is 27.1 Å². The molecule has 0 aliphatic heterocycles. The lowest BCUT2D eigenvalue weighted by Crippen LogP contribution is -2.04. The fourth-order valence-electron chi connectivity index (χ4n) is 2.54. The molecule has 0 bridgehead atoms. The predicted molar refractivity (Wildman–Crippen MR) is 75.1 cm³/mol. The molecule has 3 aromatic rings. The van der Waals surface area contributed by atoms with E-state index in [0.29, 0.717) is 0 Å². The van der Waals surface area contributed by atoms with Crippen LogP contribution in [-0.4, -0.2) is 22.3 Å². The second-order valence-electron chi connectivity index (χ2n) is 4.71. The van der Waals surface area contributed by atoms with Gasteiger partial charge in [-0.05, 0) is 30.3 Å². The maximum atomic E-state index is 14.1. The highest BCUT2D eigenvalue weighted by Crippen LogP contribution is 2.40. The van der Waals surface area contributed by atoms with Crippen molar-refractivity contribution in [3.8, 4) is 11.5 Å². The average Bonchev–Trinajstić information content (AvgIpc) is 2.52. The zero-order valence-electron chi connectivity index (χ0n) is 10.9. The van der Waals surface area contributed by atoms with Crippen LogP contribution in [0.15, 0.2) is 30.3 Å². The Bertz CT molecular complexity index is 898. The summed E-state index contributed by atoms with van der Waals surface area (Å²) in [7, 11) is 0. The molecule has 4 nitrogen and oxygen atoms in total. The number of rotatable bonds is 2. The summed E-state index contributed by atoms with van der Waals surface area (Å²) in [5, 5.41) is 18.9. The molecule has 0 aromatic heterocycles. The number of halogens is 2. The second kappa shape index (κ2) is 4.77. The third kappa shape index (κ3) is 1.81. The minimum absolute atomic E-state index is 0.0535. The quantitative estimate of drug-likeness (QED) is 0.251. The summed E-state index contributed by atoms with van der Waals surface area (Å²) < 4.78 is 28.1. The number of aromatic hydroxyl groups is 2. The Hall–Kier alpha value is -3.02. The van der Waals surface area contributed by atoms with Gasteiger partial charge in [0.1, 0.15) is 23.1 Å². The van der Waals surface area contributed by atoms with Gasteiger partial charge in [0.25, 0.3) is 0 Å². The number of hydrogen-bond acceptors (Lipinski definition) is 4. The molecule has 0 saturated carbocycles. The molecule has 0 unspecified atom stereocenters. The molecule has 0 aliphatic carbocycles. The molecule has 0 atom stereocenters. The Kier molecular flexibility index (Phi) is 3.02. The molecule has 0 amide bonds. The van der Waals surface area contributed by atoms with Crippen LogP contribution in [0, 0.1) is 11.6 Å². The Morgan fingerprint density at radius 3 is 2.23 bits per heavy atom. The lowest BCUT2D eigenvalue weighted by Gasteiger charge is -2.12. The molecule has 22 heavy (non-hydrogen) atoms. The standard InChI is InChI=1S/C16H8F2O4/c17-9-1-2-10(18)14-7(9)5-8-11(20)3-4-12(21)15(8)16(14)13(22)6-19/h1-6,20-21H. The molecule has 0 fully saturated rings. The summed E-state index contributed by atoms with van der Waals surface area (Å²) >= 11 is 0. The van der Waals surface area contributed by atoms with Crippen LogP contribution in [0.1, 0.15) is 10.4 Å². The van der Waals surface area contributed by atoms with Crippen molar-refractivity contribution in [3.05, 3.63) is 47.5 Å². The van der Waals surface area contributed by atoms with Crippen LogP contribution in [0.2, 0.25) is 0 Å². The minimum Gasteiger partial charge on any atom is -0.507 e. The van der Waals surface area contributed by atoms with Crippen molar-refractivity contribution < 1.29 is 28.6 Å². The van der Waals surface area contributed by atoms with Crippen LogP contribution in [0.5, 0.6) is 11.5 Å². The van der Waals surface area contributed by atoms with Crippen LogP contribution < -0.4 is 0 Å². The topological polar surface area (TPSA) is 74.6 Å². The maximum absolute atomic E-state index is 14.1. The maximum Gasteiger partial charge on any atom is 0.226 e. The van der Waals surface area contributed by atoms with Crippen molar-refractivity contribution in [1.29, 1.82) is 0 Å². The van der Waals surface area contributed by atoms with Crippen molar-refractivity contribution in [1.82, 2.24) is 0 Å². The molecular formula is C16H8F2O4. The van der Waals surface area contributed by atoms with Gasteiger partial charge >= 0.3 is 0 Å². The molecule has 6 heteroatoms. The van der Waals surface area contributed by atoms with Gasteiger partial charge in [-0.3, -0.25) is 9.59 Å². The Morgan fingerprint density at radius 1 is 0.909 bits per heavy atom. The number of ketones is 1. The Labute approximate surface area is 122 Å². The lowest BCUT2D eigenvalue weighted by molar-refractivity contribution is -0.104. The first kappa shape index (κ1) is 13.9. The molecule has 0 radical (unpaired) electrons. The van der Waals surface area contributed by atoms with E-state index in [2.05, 4.69) is 0 Å². The fraction of sp³-hybridized carbons (Fsp3) is 0. The largest absolute Gasteiger partial charge is 0.507 e.